The fraction of sp³-hybridized carbons (Fsp3) is 0.200. The van der Waals surface area contributed by atoms with Gasteiger partial charge in [0.05, 0.1) is 0 Å². The van der Waals surface area contributed by atoms with Crippen LogP contribution in [0.15, 0.2) is 65.3 Å². The summed E-state index contributed by atoms with van der Waals surface area (Å²) in [5.74, 6) is 0.626. The number of aryl methyl sites for hydroxylation is 1. The SMILES string of the molecule is CN(Cc1ccccc1)C(=O)CCc1nc(-c2ccc(Cl)cc2)co1. The van der Waals surface area contributed by atoms with Crippen molar-refractivity contribution in [3.8, 4) is 11.3 Å². The Bertz CT molecular complexity index is 828. The highest BCUT2D eigenvalue weighted by Gasteiger charge is 2.12. The Morgan fingerprint density at radius 3 is 2.56 bits per heavy atom. The van der Waals surface area contributed by atoms with Gasteiger partial charge in [0.2, 0.25) is 5.91 Å². The average molecular weight is 355 g/mol. The van der Waals surface area contributed by atoms with E-state index in [-0.39, 0.29) is 5.91 Å². The van der Waals surface area contributed by atoms with Gasteiger partial charge in [0.1, 0.15) is 12.0 Å². The van der Waals surface area contributed by atoms with Gasteiger partial charge in [-0.05, 0) is 17.7 Å². The zero-order valence-electron chi connectivity index (χ0n) is 14.0. The molecule has 0 spiro atoms. The smallest absolute Gasteiger partial charge is 0.223 e. The first-order chi connectivity index (χ1) is 12.1. The summed E-state index contributed by atoms with van der Waals surface area (Å²) in [4.78, 5) is 18.4. The van der Waals surface area contributed by atoms with Crippen molar-refractivity contribution in [2.75, 3.05) is 7.05 Å². The van der Waals surface area contributed by atoms with Gasteiger partial charge in [-0.25, -0.2) is 4.98 Å². The number of hydrogen-bond acceptors (Lipinski definition) is 3. The van der Waals surface area contributed by atoms with Crippen LogP contribution in [0.25, 0.3) is 11.3 Å². The van der Waals surface area contributed by atoms with E-state index in [2.05, 4.69) is 4.98 Å². The first-order valence-electron chi connectivity index (χ1n) is 8.10. The summed E-state index contributed by atoms with van der Waals surface area (Å²) >= 11 is 5.89. The number of carbonyl (C=O) groups excluding carboxylic acids is 1. The molecule has 0 saturated carbocycles. The Morgan fingerprint density at radius 2 is 1.84 bits per heavy atom. The molecule has 128 valence electrons. The summed E-state index contributed by atoms with van der Waals surface area (Å²) in [7, 11) is 1.81. The van der Waals surface area contributed by atoms with Crippen molar-refractivity contribution in [1.29, 1.82) is 0 Å². The van der Waals surface area contributed by atoms with E-state index in [1.165, 1.54) is 0 Å². The van der Waals surface area contributed by atoms with Crippen LogP contribution in [0.3, 0.4) is 0 Å². The minimum Gasteiger partial charge on any atom is -0.448 e. The lowest BCUT2D eigenvalue weighted by molar-refractivity contribution is -0.130. The Hall–Kier alpha value is -2.59. The normalized spacial score (nSPS) is 10.6. The quantitative estimate of drug-likeness (QED) is 0.650. The van der Waals surface area contributed by atoms with E-state index in [1.54, 1.807) is 11.2 Å². The van der Waals surface area contributed by atoms with E-state index < -0.39 is 0 Å². The van der Waals surface area contributed by atoms with Crippen LogP contribution < -0.4 is 0 Å². The molecule has 1 amide bonds. The third-order valence-electron chi connectivity index (χ3n) is 3.93. The molecule has 0 N–H and O–H groups in total. The molecule has 25 heavy (non-hydrogen) atoms. The Balaban J connectivity index is 1.54. The standard InChI is InChI=1S/C20H19ClN2O2/c1-23(13-15-5-3-2-4-6-15)20(24)12-11-19-22-18(14-25-19)16-7-9-17(21)10-8-16/h2-10,14H,11-13H2,1H3. The van der Waals surface area contributed by atoms with E-state index >= 15 is 0 Å². The number of hydrogen-bond donors (Lipinski definition) is 0. The van der Waals surface area contributed by atoms with Gasteiger partial charge in [-0.1, -0.05) is 54.1 Å². The molecule has 0 fully saturated rings. The van der Waals surface area contributed by atoms with Crippen molar-refractivity contribution in [3.63, 3.8) is 0 Å². The number of amides is 1. The van der Waals surface area contributed by atoms with Crippen molar-refractivity contribution in [1.82, 2.24) is 9.88 Å². The van der Waals surface area contributed by atoms with E-state index in [0.717, 1.165) is 16.8 Å². The zero-order chi connectivity index (χ0) is 17.6. The fourth-order valence-corrected chi connectivity index (χ4v) is 2.66. The van der Waals surface area contributed by atoms with Gasteiger partial charge in [0, 0.05) is 37.0 Å². The summed E-state index contributed by atoms with van der Waals surface area (Å²) in [6.07, 6.45) is 2.45. The molecule has 1 heterocycles. The number of rotatable bonds is 6. The Labute approximate surface area is 152 Å². The maximum absolute atomic E-state index is 12.3. The summed E-state index contributed by atoms with van der Waals surface area (Å²) in [5.41, 5.74) is 2.79. The molecule has 1 aromatic heterocycles. The molecule has 2 aromatic carbocycles. The number of benzene rings is 2. The summed E-state index contributed by atoms with van der Waals surface area (Å²) in [6, 6.07) is 17.3. The van der Waals surface area contributed by atoms with Gasteiger partial charge < -0.3 is 9.32 Å². The summed E-state index contributed by atoms with van der Waals surface area (Å²) < 4.78 is 5.48. The maximum atomic E-state index is 12.3. The summed E-state index contributed by atoms with van der Waals surface area (Å²) in [6.45, 7) is 0.598. The van der Waals surface area contributed by atoms with Gasteiger partial charge >= 0.3 is 0 Å². The molecule has 4 nitrogen and oxygen atoms in total. The van der Waals surface area contributed by atoms with Crippen LogP contribution in [-0.4, -0.2) is 22.8 Å². The molecule has 3 rings (SSSR count). The molecule has 0 bridgehead atoms. The molecular formula is C20H19ClN2O2. The molecule has 3 aromatic rings. The second kappa shape index (κ2) is 7.99. The molecule has 5 heteroatoms. The van der Waals surface area contributed by atoms with E-state index in [0.29, 0.717) is 30.3 Å². The number of nitrogens with zero attached hydrogens (tertiary/aromatic N) is 2. The molecule has 0 aliphatic heterocycles. The van der Waals surface area contributed by atoms with Gasteiger partial charge in [-0.2, -0.15) is 0 Å². The van der Waals surface area contributed by atoms with Crippen molar-refractivity contribution in [2.24, 2.45) is 0 Å². The van der Waals surface area contributed by atoms with Crippen molar-refractivity contribution >= 4 is 17.5 Å². The third kappa shape index (κ3) is 4.70. The first kappa shape index (κ1) is 17.2. The average Bonchev–Trinajstić information content (AvgIpc) is 3.10. The van der Waals surface area contributed by atoms with E-state index in [1.807, 2.05) is 61.6 Å². The van der Waals surface area contributed by atoms with Crippen LogP contribution in [0.1, 0.15) is 17.9 Å². The number of aromatic nitrogens is 1. The lowest BCUT2D eigenvalue weighted by Crippen LogP contribution is -2.26. The van der Waals surface area contributed by atoms with Crippen molar-refractivity contribution in [3.05, 3.63) is 77.3 Å². The predicted octanol–water partition coefficient (Wildman–Crippen LogP) is 4.59. The van der Waals surface area contributed by atoms with Gasteiger partial charge in [-0.3, -0.25) is 4.79 Å². The van der Waals surface area contributed by atoms with Crippen molar-refractivity contribution < 1.29 is 9.21 Å². The first-order valence-corrected chi connectivity index (χ1v) is 8.48. The number of halogens is 1. The van der Waals surface area contributed by atoms with E-state index in [9.17, 15) is 4.79 Å². The molecular weight excluding hydrogens is 336 g/mol. The van der Waals surface area contributed by atoms with E-state index in [4.69, 9.17) is 16.0 Å². The predicted molar refractivity (Wildman–Crippen MR) is 98.2 cm³/mol. The molecule has 0 aliphatic rings. The van der Waals surface area contributed by atoms with Gasteiger partial charge in [0.15, 0.2) is 5.89 Å². The Morgan fingerprint density at radius 1 is 1.12 bits per heavy atom. The van der Waals surface area contributed by atoms with Gasteiger partial charge in [-0.15, -0.1) is 0 Å². The highest BCUT2D eigenvalue weighted by Crippen LogP contribution is 2.21. The monoisotopic (exact) mass is 354 g/mol. The molecule has 0 unspecified atom stereocenters. The van der Waals surface area contributed by atoms with Crippen LogP contribution in [0.5, 0.6) is 0 Å². The number of carbonyl (C=O) groups is 1. The van der Waals surface area contributed by atoms with Crippen LogP contribution in [0, 0.1) is 0 Å². The minimum absolute atomic E-state index is 0.0649. The maximum Gasteiger partial charge on any atom is 0.223 e. The zero-order valence-corrected chi connectivity index (χ0v) is 14.7. The largest absolute Gasteiger partial charge is 0.448 e. The number of oxazole rings is 1. The topological polar surface area (TPSA) is 46.3 Å². The highest BCUT2D eigenvalue weighted by atomic mass is 35.5. The van der Waals surface area contributed by atoms with Crippen LogP contribution >= 0.6 is 11.6 Å². The second-order valence-corrected chi connectivity index (χ2v) is 6.31. The summed E-state index contributed by atoms with van der Waals surface area (Å²) in [5, 5.41) is 0.680. The third-order valence-corrected chi connectivity index (χ3v) is 4.18. The van der Waals surface area contributed by atoms with Crippen LogP contribution in [0.2, 0.25) is 5.02 Å². The van der Waals surface area contributed by atoms with Gasteiger partial charge in [0.25, 0.3) is 0 Å². The second-order valence-electron chi connectivity index (χ2n) is 5.87. The molecule has 0 saturated heterocycles. The molecule has 0 atom stereocenters. The van der Waals surface area contributed by atoms with Crippen LogP contribution in [0.4, 0.5) is 0 Å². The molecule has 0 radical (unpaired) electrons. The highest BCUT2D eigenvalue weighted by molar-refractivity contribution is 6.30. The van der Waals surface area contributed by atoms with Crippen LogP contribution in [-0.2, 0) is 17.8 Å². The lowest BCUT2D eigenvalue weighted by Gasteiger charge is -2.16. The minimum atomic E-state index is 0.0649. The van der Waals surface area contributed by atoms with Crippen molar-refractivity contribution in [2.45, 2.75) is 19.4 Å². The fourth-order valence-electron chi connectivity index (χ4n) is 2.53. The lowest BCUT2D eigenvalue weighted by atomic mass is 10.2. The molecule has 0 aliphatic carbocycles. The Kier molecular flexibility index (Phi) is 5.51.